The van der Waals surface area contributed by atoms with Crippen molar-refractivity contribution in [1.82, 2.24) is 26.6 Å². The third-order valence-electron chi connectivity index (χ3n) is 11.1. The van der Waals surface area contributed by atoms with Gasteiger partial charge in [0.2, 0.25) is 35.4 Å². The lowest BCUT2D eigenvalue weighted by Crippen LogP contribution is -2.66. The van der Waals surface area contributed by atoms with E-state index in [0.717, 1.165) is 34.0 Å². The maximum atomic E-state index is 14.6. The zero-order valence-electron chi connectivity index (χ0n) is 35.8. The van der Waals surface area contributed by atoms with Crippen LogP contribution in [0, 0.1) is 0 Å². The van der Waals surface area contributed by atoms with Crippen molar-refractivity contribution in [2.75, 3.05) is 31.1 Å². The summed E-state index contributed by atoms with van der Waals surface area (Å²) in [5, 5.41) is 16.1. The molecule has 0 aromatic heterocycles. The molecule has 63 heavy (non-hydrogen) atoms. The van der Waals surface area contributed by atoms with Gasteiger partial charge in [-0.2, -0.15) is 0 Å². The van der Waals surface area contributed by atoms with Crippen LogP contribution in [-0.2, 0) is 41.6 Å². The lowest BCUT2D eigenvalue weighted by Gasteiger charge is -2.42. The number of carbonyl (C=O) groups excluding carboxylic acids is 6. The molecule has 0 spiro atoms. The summed E-state index contributed by atoms with van der Waals surface area (Å²) in [5.41, 5.74) is 17.6. The second-order valence-corrected chi connectivity index (χ2v) is 15.9. The Morgan fingerprint density at radius 2 is 1.29 bits per heavy atom. The molecule has 0 saturated carbocycles. The van der Waals surface area contributed by atoms with Crippen LogP contribution in [0.15, 0.2) is 108 Å². The van der Waals surface area contributed by atoms with Gasteiger partial charge in [0.05, 0.1) is 6.54 Å². The van der Waals surface area contributed by atoms with Crippen LogP contribution in [0.2, 0.25) is 0 Å². The number of unbranched alkanes of at least 4 members (excludes halogenated alkanes) is 1. The number of piperidine rings is 1. The monoisotopic (exact) mass is 860 g/mol. The van der Waals surface area contributed by atoms with E-state index in [9.17, 15) is 28.8 Å². The lowest BCUT2D eigenvalue weighted by molar-refractivity contribution is -0.138. The largest absolute Gasteiger partial charge is 0.371 e. The predicted octanol–water partition coefficient (Wildman–Crippen LogP) is 2.08. The first-order chi connectivity index (χ1) is 30.4. The molecule has 1 aliphatic heterocycles. The highest BCUT2D eigenvalue weighted by Gasteiger charge is 2.44. The molecule has 5 rings (SSSR count). The fourth-order valence-corrected chi connectivity index (χ4v) is 7.64. The van der Waals surface area contributed by atoms with Crippen LogP contribution in [0.5, 0.6) is 0 Å². The number of aliphatic imine (C=N–C) groups is 1. The van der Waals surface area contributed by atoms with Crippen LogP contribution in [0.3, 0.4) is 0 Å². The van der Waals surface area contributed by atoms with Crippen molar-refractivity contribution in [3.05, 3.63) is 114 Å². The van der Waals surface area contributed by atoms with Gasteiger partial charge in [0.15, 0.2) is 5.96 Å². The number of hydrogen-bond donors (Lipinski definition) is 8. The molecule has 0 radical (unpaired) electrons. The standard InChI is InChI=1S/C47H60N10O6/c1-2-3-20-41(59)56-47(23-26-57(27-24-47)36-17-8-5-9-18-36)45(63)55-39(29-32-13-6-4-7-14-32)44(62)53-37(19-12-25-51-46(49)50)43(61)54-38(42(60)52-31-40(48)58)30-33-21-22-34-15-10-11-16-35(34)28-33/h4-11,13-18,21-22,28,37-39H,2-3,12,19-20,23-27,29-31H2,1H3,(H2,48,58)(H,52,60)(H,53,62)(H,54,61)(H,55,63)(H,56,59)(H4,49,50,51). The van der Waals surface area contributed by atoms with Gasteiger partial charge in [-0.3, -0.25) is 33.8 Å². The molecule has 4 aromatic rings. The van der Waals surface area contributed by atoms with Crippen molar-refractivity contribution in [1.29, 1.82) is 0 Å². The highest BCUT2D eigenvalue weighted by atomic mass is 16.2. The number of hydrogen-bond acceptors (Lipinski definition) is 8. The van der Waals surface area contributed by atoms with Gasteiger partial charge in [0.1, 0.15) is 23.7 Å². The quantitative estimate of drug-likeness (QED) is 0.0327. The van der Waals surface area contributed by atoms with E-state index in [1.165, 1.54) is 0 Å². The minimum atomic E-state index is -1.31. The van der Waals surface area contributed by atoms with Crippen molar-refractivity contribution >= 4 is 57.9 Å². The van der Waals surface area contributed by atoms with Crippen LogP contribution in [0.1, 0.15) is 63.0 Å². The average Bonchev–Trinajstić information content (AvgIpc) is 3.28. The zero-order chi connectivity index (χ0) is 45.2. The molecule has 16 heteroatoms. The van der Waals surface area contributed by atoms with E-state index >= 15 is 0 Å². The van der Waals surface area contributed by atoms with Gasteiger partial charge in [-0.15, -0.1) is 0 Å². The summed E-state index contributed by atoms with van der Waals surface area (Å²) in [6.07, 6.45) is 2.72. The fourth-order valence-electron chi connectivity index (χ4n) is 7.64. The Balaban J connectivity index is 1.41. The summed E-state index contributed by atoms with van der Waals surface area (Å²) in [6.45, 7) is 2.64. The number of rotatable bonds is 22. The number of nitrogens with one attached hydrogen (secondary N) is 5. The summed E-state index contributed by atoms with van der Waals surface area (Å²) >= 11 is 0. The third-order valence-corrected chi connectivity index (χ3v) is 11.1. The SMILES string of the molecule is CCCCC(=O)NC1(C(=O)NC(Cc2ccccc2)C(=O)NC(CCCN=C(N)N)C(=O)NC(Cc2ccc3ccccc3c2)C(=O)NCC(N)=O)CCN(c2ccccc2)CC1. The van der Waals surface area contributed by atoms with E-state index < -0.39 is 59.7 Å². The smallest absolute Gasteiger partial charge is 0.246 e. The Hall–Kier alpha value is -6.97. The molecule has 0 bridgehead atoms. The zero-order valence-corrected chi connectivity index (χ0v) is 35.8. The van der Waals surface area contributed by atoms with Crippen molar-refractivity contribution in [3.63, 3.8) is 0 Å². The average molecular weight is 861 g/mol. The first-order valence-electron chi connectivity index (χ1n) is 21.5. The molecule has 1 saturated heterocycles. The highest BCUT2D eigenvalue weighted by molar-refractivity contribution is 5.97. The first kappa shape index (κ1) is 47.1. The highest BCUT2D eigenvalue weighted by Crippen LogP contribution is 2.28. The summed E-state index contributed by atoms with van der Waals surface area (Å²) in [5.74, 6) is -3.67. The van der Waals surface area contributed by atoms with Crippen molar-refractivity contribution < 1.29 is 28.8 Å². The fraction of sp³-hybridized carbons (Fsp3) is 0.383. The van der Waals surface area contributed by atoms with Crippen LogP contribution in [-0.4, -0.2) is 91.2 Å². The number of benzene rings is 4. The Morgan fingerprint density at radius 1 is 0.683 bits per heavy atom. The number of anilines is 1. The predicted molar refractivity (Wildman–Crippen MR) is 244 cm³/mol. The molecule has 334 valence electrons. The van der Waals surface area contributed by atoms with Gasteiger partial charge < -0.3 is 48.7 Å². The maximum Gasteiger partial charge on any atom is 0.246 e. The normalized spacial score (nSPS) is 14.6. The van der Waals surface area contributed by atoms with Crippen molar-refractivity contribution in [2.45, 2.75) is 88.4 Å². The molecular weight excluding hydrogens is 801 g/mol. The van der Waals surface area contributed by atoms with E-state index in [1.807, 2.05) is 110 Å². The van der Waals surface area contributed by atoms with Crippen LogP contribution in [0.25, 0.3) is 10.8 Å². The van der Waals surface area contributed by atoms with Gasteiger partial charge in [-0.1, -0.05) is 104 Å². The number of para-hydroxylation sites is 1. The maximum absolute atomic E-state index is 14.6. The molecule has 3 atom stereocenters. The number of amides is 6. The molecule has 6 amide bonds. The Kier molecular flexibility index (Phi) is 17.4. The minimum Gasteiger partial charge on any atom is -0.371 e. The van der Waals surface area contributed by atoms with Gasteiger partial charge in [-0.05, 0) is 66.1 Å². The molecule has 0 aliphatic carbocycles. The topological polar surface area (TPSA) is 256 Å². The van der Waals surface area contributed by atoms with Gasteiger partial charge in [0.25, 0.3) is 0 Å². The number of nitrogens with two attached hydrogens (primary N) is 3. The second kappa shape index (κ2) is 23.3. The summed E-state index contributed by atoms with van der Waals surface area (Å²) in [7, 11) is 0. The number of primary amides is 1. The van der Waals surface area contributed by atoms with Crippen LogP contribution < -0.4 is 48.7 Å². The van der Waals surface area contributed by atoms with Crippen LogP contribution in [0.4, 0.5) is 5.69 Å². The van der Waals surface area contributed by atoms with E-state index in [-0.39, 0.29) is 63.4 Å². The molecule has 4 aromatic carbocycles. The molecule has 11 N–H and O–H groups in total. The Morgan fingerprint density at radius 3 is 1.95 bits per heavy atom. The third kappa shape index (κ3) is 14.3. The summed E-state index contributed by atoms with van der Waals surface area (Å²) in [6, 6.07) is 28.7. The summed E-state index contributed by atoms with van der Waals surface area (Å²) < 4.78 is 0. The van der Waals surface area contributed by atoms with Gasteiger partial charge in [0, 0.05) is 44.6 Å². The van der Waals surface area contributed by atoms with Gasteiger partial charge in [-0.25, -0.2) is 0 Å². The second-order valence-electron chi connectivity index (χ2n) is 15.9. The van der Waals surface area contributed by atoms with Crippen LogP contribution >= 0.6 is 0 Å². The molecule has 1 aliphatic rings. The molecular formula is C47H60N10O6. The lowest BCUT2D eigenvalue weighted by atomic mass is 9.85. The van der Waals surface area contributed by atoms with E-state index in [4.69, 9.17) is 17.2 Å². The number of carbonyl (C=O) groups is 6. The van der Waals surface area contributed by atoms with Crippen molar-refractivity contribution in [2.24, 2.45) is 22.2 Å². The minimum absolute atomic E-state index is 0.0519. The Labute approximate surface area is 368 Å². The molecule has 3 unspecified atom stereocenters. The Bertz CT molecular complexity index is 2210. The first-order valence-corrected chi connectivity index (χ1v) is 21.5. The summed E-state index contributed by atoms with van der Waals surface area (Å²) in [4.78, 5) is 88.1. The van der Waals surface area contributed by atoms with Crippen molar-refractivity contribution in [3.8, 4) is 0 Å². The van der Waals surface area contributed by atoms with Gasteiger partial charge >= 0.3 is 0 Å². The van der Waals surface area contributed by atoms with E-state index in [0.29, 0.717) is 19.5 Å². The van der Waals surface area contributed by atoms with E-state index in [1.54, 1.807) is 0 Å². The number of nitrogens with zero attached hydrogens (tertiary/aromatic N) is 2. The number of guanidine groups is 1. The molecule has 1 fully saturated rings. The molecule has 16 nitrogen and oxygen atoms in total. The number of fused-ring (bicyclic) bond motifs is 1. The molecule has 1 heterocycles. The van der Waals surface area contributed by atoms with E-state index in [2.05, 4.69) is 36.5 Å².